The summed E-state index contributed by atoms with van der Waals surface area (Å²) in [6, 6.07) is 0. The molecule has 0 heterocycles. The fourth-order valence-electron chi connectivity index (χ4n) is 0.454. The van der Waals surface area contributed by atoms with Gasteiger partial charge in [-0.3, -0.25) is 0 Å². The second kappa shape index (κ2) is 3.40. The van der Waals surface area contributed by atoms with Crippen molar-refractivity contribution in [1.29, 1.82) is 0 Å². The maximum absolute atomic E-state index is 5.33. The number of rotatable bonds is 2. The first kappa shape index (κ1) is 8.36. The van der Waals surface area contributed by atoms with Gasteiger partial charge in [0.1, 0.15) is 0 Å². The summed E-state index contributed by atoms with van der Waals surface area (Å²) in [5.74, 6) is 2.87. The molecule has 0 bridgehead atoms. The molecule has 0 saturated heterocycles. The van der Waals surface area contributed by atoms with Gasteiger partial charge >= 0.3 is 65.0 Å². The molecule has 0 unspecified atom stereocenters. The van der Waals surface area contributed by atoms with Crippen molar-refractivity contribution in [3.63, 3.8) is 0 Å². The minimum absolute atomic E-state index is 0.363. The minimum atomic E-state index is 0.363. The molecule has 0 aliphatic rings. The van der Waals surface area contributed by atoms with Gasteiger partial charge in [-0.25, -0.2) is 0 Å². The maximum atomic E-state index is 5.33. The van der Waals surface area contributed by atoms with Crippen LogP contribution in [0.15, 0.2) is 0 Å². The molecule has 46 valence electrons. The van der Waals surface area contributed by atoms with Gasteiger partial charge in [-0.1, -0.05) is 0 Å². The van der Waals surface area contributed by atoms with Gasteiger partial charge in [0, 0.05) is 0 Å². The van der Waals surface area contributed by atoms with E-state index in [2.05, 4.69) is 19.8 Å². The first-order valence-electron chi connectivity index (χ1n) is 3.16. The number of hydrogen-bond donors (Lipinski definition) is 0. The molecular weight excluding hydrogens is 203 g/mol. The molecule has 0 aliphatic carbocycles. The van der Waals surface area contributed by atoms with E-state index < -0.39 is 0 Å². The number of hydrogen-bond acceptors (Lipinski definition) is 0. The van der Waals surface area contributed by atoms with E-state index in [1.807, 2.05) is 0 Å². The van der Waals surface area contributed by atoms with E-state index in [-0.39, 0.29) is 0 Å². The average molecular weight is 217 g/mol. The van der Waals surface area contributed by atoms with Crippen molar-refractivity contribution < 1.29 is 0 Å². The predicted octanol–water partition coefficient (Wildman–Crippen LogP) is 0.964. The quantitative estimate of drug-likeness (QED) is 0.477. The Hall–Kier alpha value is 0.359. The molecule has 0 aliphatic heterocycles. The molecule has 8 heavy (non-hydrogen) atoms. The molecule has 0 aromatic carbocycles. The van der Waals surface area contributed by atoms with E-state index >= 15 is 0 Å². The summed E-state index contributed by atoms with van der Waals surface area (Å²) in [5.41, 5.74) is 0. The van der Waals surface area contributed by atoms with Crippen LogP contribution in [0.4, 0.5) is 0 Å². The zero-order chi connectivity index (χ0) is 6.62. The summed E-state index contributed by atoms with van der Waals surface area (Å²) in [7, 11) is 0. The second-order valence-corrected chi connectivity index (χ2v) is 7.88. The molecule has 0 aromatic rings. The van der Waals surface area contributed by atoms with Crippen LogP contribution in [0, 0.1) is 12.3 Å². The van der Waals surface area contributed by atoms with E-state index in [9.17, 15) is 0 Å². The standard InChI is InChI=1S/C7H11.Sn.3H/c1-4-7(5-2)6-3;;;;/h1H,5-6H2,2-3H3;;;;. The Balaban J connectivity index is 3.83. The normalized spacial score (nSPS) is 11.1. The molecule has 0 spiro atoms. The number of terminal acetylenes is 1. The van der Waals surface area contributed by atoms with Gasteiger partial charge in [0.15, 0.2) is 0 Å². The van der Waals surface area contributed by atoms with Crippen LogP contribution in [0.3, 0.4) is 0 Å². The van der Waals surface area contributed by atoms with Crippen LogP contribution in [0.25, 0.3) is 0 Å². The molecule has 0 atom stereocenters. The monoisotopic (exact) mass is 218 g/mol. The van der Waals surface area contributed by atoms with E-state index in [1.54, 1.807) is 0 Å². The average Bonchev–Trinajstić information content (AvgIpc) is 1.87. The molecule has 1 heteroatoms. The Labute approximate surface area is 65.1 Å². The molecule has 0 rings (SSSR count). The third-order valence-corrected chi connectivity index (χ3v) is 6.77. The van der Waals surface area contributed by atoms with Crippen LogP contribution in [0.2, 0.25) is 3.43 Å². The van der Waals surface area contributed by atoms with Crippen molar-refractivity contribution in [2.45, 2.75) is 30.1 Å². The molecule has 0 aromatic heterocycles. The summed E-state index contributed by atoms with van der Waals surface area (Å²) in [6.45, 7) is 4.36. The molecule has 0 nitrogen and oxygen atoms in total. The molecular formula is C7H14Sn. The Morgan fingerprint density at radius 2 is 1.88 bits per heavy atom. The van der Waals surface area contributed by atoms with Gasteiger partial charge in [0.25, 0.3) is 0 Å². The zero-order valence-corrected chi connectivity index (χ0v) is 11.7. The van der Waals surface area contributed by atoms with Crippen molar-refractivity contribution in [3.8, 4) is 12.3 Å². The molecule has 0 amide bonds. The van der Waals surface area contributed by atoms with Gasteiger partial charge < -0.3 is 0 Å². The fraction of sp³-hybridized carbons (Fsp3) is 0.714. The summed E-state index contributed by atoms with van der Waals surface area (Å²) >= 11 is 0.631. The first-order valence-corrected chi connectivity index (χ1v) is 6.01. The topological polar surface area (TPSA) is 0 Å². The third-order valence-electron chi connectivity index (χ3n) is 1.91. The second-order valence-electron chi connectivity index (χ2n) is 2.41. The van der Waals surface area contributed by atoms with Crippen LogP contribution in [-0.4, -0.2) is 22.5 Å². The van der Waals surface area contributed by atoms with Crippen LogP contribution < -0.4 is 0 Å². The summed E-state index contributed by atoms with van der Waals surface area (Å²) in [6.07, 6.45) is 7.68. The molecule has 0 fully saturated rings. The van der Waals surface area contributed by atoms with Crippen LogP contribution in [0.1, 0.15) is 26.7 Å². The van der Waals surface area contributed by atoms with E-state index in [1.165, 1.54) is 12.8 Å². The Kier molecular flexibility index (Phi) is 3.55. The third kappa shape index (κ3) is 2.08. The van der Waals surface area contributed by atoms with E-state index in [4.69, 9.17) is 6.42 Å². The van der Waals surface area contributed by atoms with Gasteiger partial charge in [-0.2, -0.15) is 0 Å². The van der Waals surface area contributed by atoms with Crippen molar-refractivity contribution in [2.24, 2.45) is 0 Å². The van der Waals surface area contributed by atoms with Crippen molar-refractivity contribution in [3.05, 3.63) is 0 Å². The van der Waals surface area contributed by atoms with Crippen molar-refractivity contribution in [2.75, 3.05) is 0 Å². The molecule has 0 saturated carbocycles. The predicted molar refractivity (Wildman–Crippen MR) is 42.0 cm³/mol. The van der Waals surface area contributed by atoms with Crippen LogP contribution in [-0.2, 0) is 0 Å². The van der Waals surface area contributed by atoms with Gasteiger partial charge in [0.05, 0.1) is 0 Å². The summed E-state index contributed by atoms with van der Waals surface area (Å²) < 4.78 is 0.363. The first-order chi connectivity index (χ1) is 3.68. The summed E-state index contributed by atoms with van der Waals surface area (Å²) in [5, 5.41) is 0. The van der Waals surface area contributed by atoms with Crippen LogP contribution in [0.5, 0.6) is 0 Å². The fourth-order valence-corrected chi connectivity index (χ4v) is 0.454. The van der Waals surface area contributed by atoms with E-state index in [0.717, 1.165) is 0 Å². The molecule has 0 radical (unpaired) electrons. The van der Waals surface area contributed by atoms with Crippen molar-refractivity contribution >= 4 is 22.5 Å². The zero-order valence-electron chi connectivity index (χ0n) is 5.99. The van der Waals surface area contributed by atoms with Gasteiger partial charge in [-0.05, 0) is 0 Å². The van der Waals surface area contributed by atoms with Gasteiger partial charge in [0.2, 0.25) is 0 Å². The Morgan fingerprint density at radius 1 is 1.50 bits per heavy atom. The van der Waals surface area contributed by atoms with Gasteiger partial charge in [-0.15, -0.1) is 0 Å². The van der Waals surface area contributed by atoms with E-state index in [0.29, 0.717) is 26.0 Å². The molecule has 0 N–H and O–H groups in total. The Bertz CT molecular complexity index is 95.4. The summed E-state index contributed by atoms with van der Waals surface area (Å²) in [4.78, 5) is 0. The van der Waals surface area contributed by atoms with Crippen LogP contribution >= 0.6 is 0 Å². The SMILES string of the molecule is C#C[C]([SnH3])(CC)CC. The van der Waals surface area contributed by atoms with Crippen molar-refractivity contribution in [1.82, 2.24) is 0 Å². The Morgan fingerprint density at radius 3 is 1.88 bits per heavy atom.